The molecule has 0 fully saturated rings. The second-order valence-electron chi connectivity index (χ2n) is 10.1. The molecule has 200 valence electrons. The minimum absolute atomic E-state index is 0.0323. The van der Waals surface area contributed by atoms with E-state index in [1.54, 1.807) is 55.5 Å². The van der Waals surface area contributed by atoms with Crippen LogP contribution in [0.1, 0.15) is 45.2 Å². The van der Waals surface area contributed by atoms with Crippen LogP contribution in [0.15, 0.2) is 47.6 Å². The van der Waals surface area contributed by atoms with Gasteiger partial charge in [-0.25, -0.2) is 8.42 Å². The molecule has 0 aliphatic carbocycles. The molecule has 0 saturated carbocycles. The summed E-state index contributed by atoms with van der Waals surface area (Å²) in [5.41, 5.74) is 1.52. The van der Waals surface area contributed by atoms with Crippen LogP contribution in [-0.2, 0) is 21.2 Å². The number of likely N-dealkylation sites (N-methyl/N-ethyl adjacent to an activating group) is 1. The summed E-state index contributed by atoms with van der Waals surface area (Å²) < 4.78 is 34.9. The standard InChI is InChI=1S/C28H37N3O5S/c1-20(2)7-6-8-23-9-10-27-25(15-23)36-26(21(3)17-31(22(4)19-32)37(27,34)35)18-30(5)28(33)16-24-11-13-29-14-12-24/h9-15,20-22,26,32H,7,16-19H2,1-5H3/t21-,22-,26+/m0/s1. The highest BCUT2D eigenvalue weighted by molar-refractivity contribution is 7.89. The van der Waals surface area contributed by atoms with Gasteiger partial charge in [0.2, 0.25) is 15.9 Å². The van der Waals surface area contributed by atoms with Crippen LogP contribution in [-0.4, -0.2) is 72.5 Å². The van der Waals surface area contributed by atoms with Crippen LogP contribution in [0.2, 0.25) is 0 Å². The number of aliphatic hydroxyl groups excluding tert-OH is 1. The normalized spacial score (nSPS) is 20.0. The average molecular weight is 528 g/mol. The zero-order chi connectivity index (χ0) is 27.2. The van der Waals surface area contributed by atoms with Gasteiger partial charge in [-0.2, -0.15) is 4.31 Å². The molecule has 3 atom stereocenters. The van der Waals surface area contributed by atoms with Crippen molar-refractivity contribution >= 4 is 15.9 Å². The fourth-order valence-electron chi connectivity index (χ4n) is 4.06. The molecule has 37 heavy (non-hydrogen) atoms. The van der Waals surface area contributed by atoms with Gasteiger partial charge in [-0.05, 0) is 48.7 Å². The minimum atomic E-state index is -3.93. The molecular formula is C28H37N3O5S. The first kappa shape index (κ1) is 28.6. The Bertz CT molecular complexity index is 1240. The maximum atomic E-state index is 13.6. The molecule has 0 bridgehead atoms. The number of rotatable bonds is 7. The fraction of sp³-hybridized carbons (Fsp3) is 0.500. The van der Waals surface area contributed by atoms with Crippen LogP contribution in [0.3, 0.4) is 0 Å². The molecule has 3 rings (SSSR count). The maximum Gasteiger partial charge on any atom is 0.247 e. The molecular weight excluding hydrogens is 490 g/mol. The number of aliphatic hydroxyl groups is 1. The summed E-state index contributed by atoms with van der Waals surface area (Å²) in [7, 11) is -2.21. The first-order valence-corrected chi connectivity index (χ1v) is 14.0. The molecule has 9 heteroatoms. The number of aromatic nitrogens is 1. The van der Waals surface area contributed by atoms with Crippen molar-refractivity contribution in [1.82, 2.24) is 14.2 Å². The van der Waals surface area contributed by atoms with E-state index in [9.17, 15) is 18.3 Å². The van der Waals surface area contributed by atoms with Gasteiger partial charge < -0.3 is 14.7 Å². The van der Waals surface area contributed by atoms with E-state index in [-0.39, 0.29) is 48.6 Å². The smallest absolute Gasteiger partial charge is 0.247 e. The van der Waals surface area contributed by atoms with Crippen LogP contribution in [0, 0.1) is 23.7 Å². The second-order valence-corrected chi connectivity index (χ2v) is 12.0. The highest BCUT2D eigenvalue weighted by Gasteiger charge is 2.38. The van der Waals surface area contributed by atoms with Gasteiger partial charge in [-0.3, -0.25) is 9.78 Å². The number of amides is 1. The predicted molar refractivity (Wildman–Crippen MR) is 142 cm³/mol. The van der Waals surface area contributed by atoms with E-state index >= 15 is 0 Å². The zero-order valence-corrected chi connectivity index (χ0v) is 23.0. The molecule has 0 saturated heterocycles. The summed E-state index contributed by atoms with van der Waals surface area (Å²) >= 11 is 0. The molecule has 1 N–H and O–H groups in total. The molecule has 0 radical (unpaired) electrons. The minimum Gasteiger partial charge on any atom is -0.487 e. The van der Waals surface area contributed by atoms with E-state index in [4.69, 9.17) is 4.74 Å². The Kier molecular flexibility index (Phi) is 9.71. The largest absolute Gasteiger partial charge is 0.487 e. The van der Waals surface area contributed by atoms with Crippen molar-refractivity contribution < 1.29 is 23.1 Å². The van der Waals surface area contributed by atoms with Gasteiger partial charge in [0.25, 0.3) is 0 Å². The lowest BCUT2D eigenvalue weighted by atomic mass is 10.0. The number of fused-ring (bicyclic) bond motifs is 1. The van der Waals surface area contributed by atoms with E-state index in [2.05, 4.69) is 30.7 Å². The van der Waals surface area contributed by atoms with Gasteiger partial charge in [0.1, 0.15) is 16.7 Å². The van der Waals surface area contributed by atoms with Crippen molar-refractivity contribution in [1.29, 1.82) is 0 Å². The molecule has 1 amide bonds. The van der Waals surface area contributed by atoms with Gasteiger partial charge >= 0.3 is 0 Å². The molecule has 1 aromatic carbocycles. The van der Waals surface area contributed by atoms with Gasteiger partial charge in [0.15, 0.2) is 0 Å². The lowest BCUT2D eigenvalue weighted by molar-refractivity contribution is -0.130. The summed E-state index contributed by atoms with van der Waals surface area (Å²) in [4.78, 5) is 18.6. The molecule has 0 spiro atoms. The quantitative estimate of drug-likeness (QED) is 0.556. The number of carbonyl (C=O) groups is 1. The zero-order valence-electron chi connectivity index (χ0n) is 22.2. The molecule has 8 nitrogen and oxygen atoms in total. The van der Waals surface area contributed by atoms with E-state index in [1.807, 2.05) is 6.92 Å². The van der Waals surface area contributed by atoms with E-state index in [1.165, 1.54) is 10.4 Å². The Hall–Kier alpha value is -2.93. The SMILES string of the molecule is CC(C)CC#Cc1ccc2c(c1)O[C@H](CN(C)C(=O)Cc1ccncc1)[C@@H](C)CN([C@@H](C)CO)S2(=O)=O. The Morgan fingerprint density at radius 1 is 1.24 bits per heavy atom. The third-order valence-corrected chi connectivity index (χ3v) is 8.41. The molecule has 1 aliphatic heterocycles. The first-order chi connectivity index (χ1) is 17.5. The van der Waals surface area contributed by atoms with Crippen molar-refractivity contribution in [2.24, 2.45) is 11.8 Å². The molecule has 0 unspecified atom stereocenters. The van der Waals surface area contributed by atoms with Crippen LogP contribution in [0.5, 0.6) is 5.75 Å². The van der Waals surface area contributed by atoms with Gasteiger partial charge in [-0.15, -0.1) is 0 Å². The summed E-state index contributed by atoms with van der Waals surface area (Å²) in [6.45, 7) is 7.86. The van der Waals surface area contributed by atoms with Crippen molar-refractivity contribution in [2.45, 2.75) is 57.6 Å². The van der Waals surface area contributed by atoms with Crippen molar-refractivity contribution in [3.8, 4) is 17.6 Å². The number of hydrogen-bond acceptors (Lipinski definition) is 6. The highest BCUT2D eigenvalue weighted by Crippen LogP contribution is 2.34. The Balaban J connectivity index is 1.95. The number of benzene rings is 1. The fourth-order valence-corrected chi connectivity index (χ4v) is 5.89. The topological polar surface area (TPSA) is 100 Å². The maximum absolute atomic E-state index is 13.6. The van der Waals surface area contributed by atoms with Crippen molar-refractivity contribution in [3.63, 3.8) is 0 Å². The molecule has 2 aromatic rings. The number of pyridine rings is 1. The third kappa shape index (κ3) is 7.31. The summed E-state index contributed by atoms with van der Waals surface area (Å²) in [6, 6.07) is 7.85. The monoisotopic (exact) mass is 527 g/mol. The summed E-state index contributed by atoms with van der Waals surface area (Å²) in [5, 5.41) is 9.81. The lowest BCUT2D eigenvalue weighted by Crippen LogP contribution is -2.50. The molecule has 2 heterocycles. The summed E-state index contributed by atoms with van der Waals surface area (Å²) in [6.07, 6.45) is 3.78. The van der Waals surface area contributed by atoms with Crippen LogP contribution < -0.4 is 4.74 Å². The first-order valence-electron chi connectivity index (χ1n) is 12.6. The average Bonchev–Trinajstić information content (AvgIpc) is 2.86. The highest BCUT2D eigenvalue weighted by atomic mass is 32.2. The van der Waals surface area contributed by atoms with Crippen LogP contribution >= 0.6 is 0 Å². The second kappa shape index (κ2) is 12.5. The third-order valence-electron chi connectivity index (χ3n) is 6.39. The van der Waals surface area contributed by atoms with Crippen LogP contribution in [0.25, 0.3) is 0 Å². The number of ether oxygens (including phenoxy) is 1. The van der Waals surface area contributed by atoms with Crippen LogP contribution in [0.4, 0.5) is 0 Å². The van der Waals surface area contributed by atoms with Crippen molar-refractivity contribution in [3.05, 3.63) is 53.9 Å². The Morgan fingerprint density at radius 3 is 2.59 bits per heavy atom. The van der Waals surface area contributed by atoms with Gasteiger partial charge in [-0.1, -0.05) is 32.6 Å². The van der Waals surface area contributed by atoms with Gasteiger partial charge in [0.05, 0.1) is 19.6 Å². The Morgan fingerprint density at radius 2 is 1.95 bits per heavy atom. The van der Waals surface area contributed by atoms with Gasteiger partial charge in [0, 0.05) is 49.9 Å². The lowest BCUT2D eigenvalue weighted by Gasteiger charge is -2.37. The number of sulfonamides is 1. The van der Waals surface area contributed by atoms with E-state index in [0.29, 0.717) is 11.5 Å². The van der Waals surface area contributed by atoms with Crippen molar-refractivity contribution in [2.75, 3.05) is 26.7 Å². The molecule has 1 aromatic heterocycles. The Labute approximate surface area is 220 Å². The van der Waals surface area contributed by atoms with E-state index < -0.39 is 22.2 Å². The molecule has 1 aliphatic rings. The van der Waals surface area contributed by atoms with E-state index in [0.717, 1.165) is 12.0 Å². The number of hydrogen-bond donors (Lipinski definition) is 1. The number of nitrogens with zero attached hydrogens (tertiary/aromatic N) is 3. The summed E-state index contributed by atoms with van der Waals surface area (Å²) in [5.74, 6) is 6.52. The number of carbonyl (C=O) groups excluding carboxylic acids is 1. The predicted octanol–water partition coefficient (Wildman–Crippen LogP) is 2.95.